The molecule has 0 bridgehead atoms. The summed E-state index contributed by atoms with van der Waals surface area (Å²) in [6.07, 6.45) is 0. The number of nitrogens with zero attached hydrogens (tertiary/aromatic N) is 2. The second kappa shape index (κ2) is 6.43. The number of carbonyl (C=O) groups is 1. The van der Waals surface area contributed by atoms with Gasteiger partial charge in [-0.25, -0.2) is 9.18 Å². The first-order valence-electron chi connectivity index (χ1n) is 5.34. The van der Waals surface area contributed by atoms with Gasteiger partial charge in [0.05, 0.1) is 6.54 Å². The van der Waals surface area contributed by atoms with Crippen molar-refractivity contribution in [3.8, 4) is 0 Å². The van der Waals surface area contributed by atoms with E-state index in [1.807, 2.05) is 0 Å². The third kappa shape index (κ3) is 3.93. The average Bonchev–Trinajstić information content (AvgIpc) is 2.35. The Labute approximate surface area is 104 Å². The first-order valence-corrected chi connectivity index (χ1v) is 5.34. The van der Waals surface area contributed by atoms with Crippen molar-refractivity contribution in [2.45, 2.75) is 6.92 Å². The number of hydrogen-bond donors (Lipinski definition) is 3. The Bertz CT molecular complexity index is 450. The molecule has 0 fully saturated rings. The van der Waals surface area contributed by atoms with Crippen molar-refractivity contribution in [2.24, 2.45) is 10.9 Å². The summed E-state index contributed by atoms with van der Waals surface area (Å²) in [5.41, 5.74) is 5.67. The molecule has 4 N–H and O–H groups in total. The Hall–Kier alpha value is -2.31. The van der Waals surface area contributed by atoms with Crippen LogP contribution in [0.3, 0.4) is 0 Å². The number of amidine groups is 1. The van der Waals surface area contributed by atoms with Gasteiger partial charge in [-0.05, 0) is 25.1 Å². The number of nitrogens with two attached hydrogens (primary N) is 1. The molecule has 1 aromatic carbocycles. The lowest BCUT2D eigenvalue weighted by molar-refractivity contribution is 0.220. The SMILES string of the molecule is CCN(CC(N)=NO)C(=O)Nc1cccc(F)c1. The van der Waals surface area contributed by atoms with E-state index in [1.165, 1.54) is 23.1 Å². The summed E-state index contributed by atoms with van der Waals surface area (Å²) >= 11 is 0. The minimum absolute atomic E-state index is 0.00580. The van der Waals surface area contributed by atoms with Crippen LogP contribution in [0.25, 0.3) is 0 Å². The monoisotopic (exact) mass is 254 g/mol. The molecule has 0 spiro atoms. The maximum Gasteiger partial charge on any atom is 0.322 e. The van der Waals surface area contributed by atoms with E-state index >= 15 is 0 Å². The molecule has 6 nitrogen and oxygen atoms in total. The van der Waals surface area contributed by atoms with Crippen LogP contribution < -0.4 is 11.1 Å². The quantitative estimate of drug-likeness (QED) is 0.328. The van der Waals surface area contributed by atoms with Crippen LogP contribution in [-0.2, 0) is 0 Å². The van der Waals surface area contributed by atoms with E-state index in [1.54, 1.807) is 13.0 Å². The molecule has 18 heavy (non-hydrogen) atoms. The Morgan fingerprint density at radius 3 is 2.89 bits per heavy atom. The van der Waals surface area contributed by atoms with Gasteiger partial charge in [0, 0.05) is 12.2 Å². The van der Waals surface area contributed by atoms with Gasteiger partial charge in [0.1, 0.15) is 5.82 Å². The number of urea groups is 1. The fourth-order valence-corrected chi connectivity index (χ4v) is 1.32. The summed E-state index contributed by atoms with van der Waals surface area (Å²) in [7, 11) is 0. The van der Waals surface area contributed by atoms with Gasteiger partial charge in [0.15, 0.2) is 5.84 Å². The van der Waals surface area contributed by atoms with E-state index < -0.39 is 11.8 Å². The number of halogens is 1. The number of likely N-dealkylation sites (N-methyl/N-ethyl adjacent to an activating group) is 1. The Morgan fingerprint density at radius 2 is 2.33 bits per heavy atom. The van der Waals surface area contributed by atoms with Crippen LogP contribution in [0.2, 0.25) is 0 Å². The predicted octanol–water partition coefficient (Wildman–Crippen LogP) is 1.43. The van der Waals surface area contributed by atoms with Crippen LogP contribution in [0.15, 0.2) is 29.4 Å². The number of amides is 2. The number of rotatable bonds is 4. The third-order valence-corrected chi connectivity index (χ3v) is 2.23. The Morgan fingerprint density at radius 1 is 1.61 bits per heavy atom. The van der Waals surface area contributed by atoms with Gasteiger partial charge < -0.3 is 21.2 Å². The Kier molecular flexibility index (Phi) is 4.91. The standard InChI is InChI=1S/C11H15FN4O2/c1-2-16(7-10(13)15-18)11(17)14-9-5-3-4-8(12)6-9/h3-6,18H,2,7H2,1H3,(H2,13,15)(H,14,17). The van der Waals surface area contributed by atoms with Crippen molar-refractivity contribution in [1.82, 2.24) is 4.90 Å². The van der Waals surface area contributed by atoms with E-state index in [0.717, 1.165) is 0 Å². The molecule has 0 heterocycles. The van der Waals surface area contributed by atoms with Crippen molar-refractivity contribution in [3.05, 3.63) is 30.1 Å². The van der Waals surface area contributed by atoms with Crippen molar-refractivity contribution >= 4 is 17.6 Å². The molecular weight excluding hydrogens is 239 g/mol. The fourth-order valence-electron chi connectivity index (χ4n) is 1.32. The van der Waals surface area contributed by atoms with E-state index in [9.17, 15) is 9.18 Å². The van der Waals surface area contributed by atoms with Gasteiger partial charge in [-0.1, -0.05) is 11.2 Å². The lowest BCUT2D eigenvalue weighted by Gasteiger charge is -2.20. The topological polar surface area (TPSA) is 90.9 Å². The Balaban J connectivity index is 2.68. The zero-order valence-electron chi connectivity index (χ0n) is 9.93. The molecule has 0 aliphatic carbocycles. The van der Waals surface area contributed by atoms with Crippen molar-refractivity contribution in [2.75, 3.05) is 18.4 Å². The summed E-state index contributed by atoms with van der Waals surface area (Å²) in [4.78, 5) is 13.1. The molecule has 0 aliphatic rings. The average molecular weight is 254 g/mol. The predicted molar refractivity (Wildman–Crippen MR) is 66.1 cm³/mol. The highest BCUT2D eigenvalue weighted by Gasteiger charge is 2.13. The number of oxime groups is 1. The first-order chi connectivity index (χ1) is 8.56. The van der Waals surface area contributed by atoms with Crippen molar-refractivity contribution in [1.29, 1.82) is 0 Å². The zero-order chi connectivity index (χ0) is 13.5. The molecule has 0 saturated heterocycles. The van der Waals surface area contributed by atoms with Gasteiger partial charge in [-0.15, -0.1) is 0 Å². The molecule has 1 aromatic rings. The second-order valence-electron chi connectivity index (χ2n) is 3.55. The molecule has 0 atom stereocenters. The van der Waals surface area contributed by atoms with Crippen molar-refractivity contribution < 1.29 is 14.4 Å². The summed E-state index contributed by atoms with van der Waals surface area (Å²) < 4.78 is 12.9. The van der Waals surface area contributed by atoms with Gasteiger partial charge in [-0.3, -0.25) is 0 Å². The van der Waals surface area contributed by atoms with Crippen LogP contribution in [0.5, 0.6) is 0 Å². The van der Waals surface area contributed by atoms with Gasteiger partial charge in [0.25, 0.3) is 0 Å². The largest absolute Gasteiger partial charge is 0.409 e. The molecule has 98 valence electrons. The molecule has 0 unspecified atom stereocenters. The second-order valence-corrected chi connectivity index (χ2v) is 3.55. The number of benzene rings is 1. The van der Waals surface area contributed by atoms with Gasteiger partial charge in [-0.2, -0.15) is 0 Å². The maximum absolute atomic E-state index is 12.9. The number of hydrogen-bond acceptors (Lipinski definition) is 3. The minimum Gasteiger partial charge on any atom is -0.409 e. The highest BCUT2D eigenvalue weighted by Crippen LogP contribution is 2.09. The molecule has 0 saturated carbocycles. The van der Waals surface area contributed by atoms with Crippen molar-refractivity contribution in [3.63, 3.8) is 0 Å². The molecule has 2 amide bonds. The third-order valence-electron chi connectivity index (χ3n) is 2.23. The van der Waals surface area contributed by atoms with E-state index in [4.69, 9.17) is 10.9 Å². The maximum atomic E-state index is 12.9. The van der Waals surface area contributed by atoms with Gasteiger partial charge >= 0.3 is 6.03 Å². The molecular formula is C11H15FN4O2. The molecule has 0 aliphatic heterocycles. The molecule has 1 rings (SSSR count). The molecule has 0 aromatic heterocycles. The lowest BCUT2D eigenvalue weighted by Crippen LogP contribution is -2.40. The zero-order valence-corrected chi connectivity index (χ0v) is 9.93. The van der Waals surface area contributed by atoms with Crippen LogP contribution >= 0.6 is 0 Å². The number of anilines is 1. The van der Waals surface area contributed by atoms with Crippen LogP contribution in [0.4, 0.5) is 14.9 Å². The summed E-state index contributed by atoms with van der Waals surface area (Å²) in [6, 6.07) is 5.09. The smallest absolute Gasteiger partial charge is 0.322 e. The number of nitrogens with one attached hydrogen (secondary N) is 1. The van der Waals surface area contributed by atoms with Gasteiger partial charge in [0.2, 0.25) is 0 Å². The summed E-state index contributed by atoms with van der Waals surface area (Å²) in [5.74, 6) is -0.515. The highest BCUT2D eigenvalue weighted by atomic mass is 19.1. The van der Waals surface area contributed by atoms with Crippen LogP contribution in [0.1, 0.15) is 6.92 Å². The van der Waals surface area contributed by atoms with E-state index in [0.29, 0.717) is 12.2 Å². The summed E-state index contributed by atoms with van der Waals surface area (Å²) in [5, 5.41) is 13.8. The number of carbonyl (C=O) groups excluding carboxylic acids is 1. The van der Waals surface area contributed by atoms with E-state index in [2.05, 4.69) is 10.5 Å². The molecule has 0 radical (unpaired) electrons. The molecule has 7 heteroatoms. The van der Waals surface area contributed by atoms with Crippen LogP contribution in [0, 0.1) is 5.82 Å². The fraction of sp³-hybridized carbons (Fsp3) is 0.273. The first kappa shape index (κ1) is 13.8. The normalized spacial score (nSPS) is 11.1. The van der Waals surface area contributed by atoms with E-state index in [-0.39, 0.29) is 12.4 Å². The minimum atomic E-state index is -0.449. The highest BCUT2D eigenvalue weighted by molar-refractivity contribution is 5.93. The summed E-state index contributed by atoms with van der Waals surface area (Å²) in [6.45, 7) is 2.11. The van der Waals surface area contributed by atoms with Crippen LogP contribution in [-0.4, -0.2) is 35.1 Å². The lowest BCUT2D eigenvalue weighted by atomic mass is 10.3.